The summed E-state index contributed by atoms with van der Waals surface area (Å²) in [5.74, 6) is 1.19. The van der Waals surface area contributed by atoms with E-state index in [9.17, 15) is 0 Å². The molecule has 0 spiro atoms. The van der Waals surface area contributed by atoms with Crippen molar-refractivity contribution in [3.05, 3.63) is 117 Å². The van der Waals surface area contributed by atoms with Gasteiger partial charge in [0.25, 0.3) is 0 Å². The van der Waals surface area contributed by atoms with Crippen LogP contribution in [0.25, 0.3) is 31.9 Å². The van der Waals surface area contributed by atoms with Crippen molar-refractivity contribution in [2.75, 3.05) is 23.7 Å². The molecule has 222 valence electrons. The van der Waals surface area contributed by atoms with Crippen LogP contribution in [0.15, 0.2) is 95.4 Å². The van der Waals surface area contributed by atoms with E-state index >= 15 is 0 Å². The minimum Gasteiger partial charge on any atom is -0.362 e. The average Bonchev–Trinajstić information content (AvgIpc) is 3.69. The van der Waals surface area contributed by atoms with Gasteiger partial charge in [-0.3, -0.25) is 0 Å². The molecule has 0 saturated carbocycles. The zero-order valence-electron chi connectivity index (χ0n) is 23.3. The number of benzene rings is 3. The molecule has 0 amide bonds. The number of azide groups is 2. The number of anilines is 2. The maximum Gasteiger partial charge on any atom is 0.207 e. The van der Waals surface area contributed by atoms with Crippen LogP contribution in [0.1, 0.15) is 11.1 Å². The molecule has 2 heterocycles. The van der Waals surface area contributed by atoms with Crippen LogP contribution in [0, 0.1) is 0 Å². The van der Waals surface area contributed by atoms with E-state index < -0.39 is 0 Å². The largest absolute Gasteiger partial charge is 0.362 e. The Morgan fingerprint density at radius 3 is 1.84 bits per heavy atom. The number of thiocarbonyl (C=S) groups is 2. The van der Waals surface area contributed by atoms with Crippen molar-refractivity contribution in [2.24, 2.45) is 10.2 Å². The summed E-state index contributed by atoms with van der Waals surface area (Å²) >= 11 is 10.4. The van der Waals surface area contributed by atoms with Crippen LogP contribution in [0.3, 0.4) is 0 Å². The fraction of sp³-hybridized carbons (Fsp3) is 0.143. The minimum absolute atomic E-state index is 0.482. The number of aromatic amines is 2. The zero-order valence-corrected chi connectivity index (χ0v) is 24.9. The number of para-hydroxylation sites is 2. The standard InChI is InChI=1S/C16H15N7S.C12H13N7S/c17-23-22-12-6-2-1-5-11(12)9-10-18-16(24)21-15-19-13-7-3-4-8-14(13)20-15;13-19-18-10-4-2-1-3-9(10)5-6-16-12(20)17-11-14-7-8-15-11/h1-8H,9-10H2,(H3,18,19,20,21,24);1-4,7-8H,5-6H2,(H3,14,15,16,17,20). The van der Waals surface area contributed by atoms with Gasteiger partial charge in [-0.25, -0.2) is 9.97 Å². The molecule has 0 fully saturated rings. The third kappa shape index (κ3) is 9.72. The molecule has 0 saturated heterocycles. The molecular weight excluding hydrogens is 597 g/mol. The highest BCUT2D eigenvalue weighted by Gasteiger charge is 2.05. The number of nitrogens with one attached hydrogen (secondary N) is 6. The predicted octanol–water partition coefficient (Wildman–Crippen LogP) is 6.91. The summed E-state index contributed by atoms with van der Waals surface area (Å²) < 4.78 is 0. The van der Waals surface area contributed by atoms with Gasteiger partial charge in [-0.2, -0.15) is 0 Å². The lowest BCUT2D eigenvalue weighted by atomic mass is 10.1. The van der Waals surface area contributed by atoms with Gasteiger partial charge in [0.05, 0.1) is 11.0 Å². The molecule has 44 heavy (non-hydrogen) atoms. The maximum absolute atomic E-state index is 8.58. The lowest BCUT2D eigenvalue weighted by molar-refractivity contribution is 0.872. The smallest absolute Gasteiger partial charge is 0.207 e. The van der Waals surface area contributed by atoms with Crippen LogP contribution < -0.4 is 21.3 Å². The van der Waals surface area contributed by atoms with Crippen molar-refractivity contribution in [3.63, 3.8) is 0 Å². The summed E-state index contributed by atoms with van der Waals surface area (Å²) in [7, 11) is 0. The van der Waals surface area contributed by atoms with E-state index in [-0.39, 0.29) is 0 Å². The second kappa shape index (κ2) is 16.7. The number of fused-ring (bicyclic) bond motifs is 1. The number of hydrogen-bond acceptors (Lipinski definition) is 6. The second-order valence-electron chi connectivity index (χ2n) is 8.94. The summed E-state index contributed by atoms with van der Waals surface area (Å²) in [4.78, 5) is 20.1. The van der Waals surface area contributed by atoms with Gasteiger partial charge >= 0.3 is 0 Å². The monoisotopic (exact) mass is 624 g/mol. The topological polar surface area (TPSA) is 203 Å². The van der Waals surface area contributed by atoms with E-state index in [0.717, 1.165) is 22.2 Å². The van der Waals surface area contributed by atoms with Gasteiger partial charge in [-0.05, 0) is 71.6 Å². The Bertz CT molecular complexity index is 1750. The summed E-state index contributed by atoms with van der Waals surface area (Å²) in [6.07, 6.45) is 4.74. The Balaban J connectivity index is 0.000000204. The molecule has 0 bridgehead atoms. The Labute approximate surface area is 263 Å². The summed E-state index contributed by atoms with van der Waals surface area (Å²) in [5, 5.41) is 20.4. The molecule has 2 aromatic heterocycles. The summed E-state index contributed by atoms with van der Waals surface area (Å²) in [5.41, 5.74) is 22.1. The van der Waals surface area contributed by atoms with Gasteiger partial charge in [0.2, 0.25) is 11.9 Å². The number of imidazole rings is 2. The molecule has 5 aromatic rings. The molecule has 0 aliphatic rings. The number of hydrogen-bond donors (Lipinski definition) is 6. The van der Waals surface area contributed by atoms with E-state index in [1.165, 1.54) is 0 Å². The lowest BCUT2D eigenvalue weighted by Crippen LogP contribution is -2.30. The van der Waals surface area contributed by atoms with E-state index in [0.29, 0.717) is 59.4 Å². The van der Waals surface area contributed by atoms with Crippen molar-refractivity contribution < 1.29 is 0 Å². The summed E-state index contributed by atoms with van der Waals surface area (Å²) in [6, 6.07) is 22.7. The Morgan fingerprint density at radius 1 is 0.750 bits per heavy atom. The van der Waals surface area contributed by atoms with Crippen molar-refractivity contribution in [3.8, 4) is 0 Å². The van der Waals surface area contributed by atoms with E-state index in [4.69, 9.17) is 35.5 Å². The SMILES string of the molecule is [N-]=[N+]=Nc1ccccc1CCNC(=S)Nc1nc2ccccc2[nH]1.[N-]=[N+]=Nc1ccccc1CCNC(=S)Nc1ncc[nH]1. The molecule has 14 nitrogen and oxygen atoms in total. The Kier molecular flexibility index (Phi) is 11.9. The van der Waals surface area contributed by atoms with Crippen molar-refractivity contribution >= 4 is 69.0 Å². The highest BCUT2D eigenvalue weighted by atomic mass is 32.1. The molecule has 6 N–H and O–H groups in total. The molecule has 0 atom stereocenters. The lowest BCUT2D eigenvalue weighted by Gasteiger charge is -2.09. The van der Waals surface area contributed by atoms with Gasteiger partial charge in [-0.15, -0.1) is 0 Å². The minimum atomic E-state index is 0.482. The van der Waals surface area contributed by atoms with E-state index in [1.807, 2.05) is 60.7 Å². The predicted molar refractivity (Wildman–Crippen MR) is 181 cm³/mol. The first-order valence-electron chi connectivity index (χ1n) is 13.4. The quantitative estimate of drug-likeness (QED) is 0.0416. The van der Waals surface area contributed by atoms with Crippen LogP contribution in [0.5, 0.6) is 0 Å². The van der Waals surface area contributed by atoms with Crippen molar-refractivity contribution in [2.45, 2.75) is 12.8 Å². The molecular formula is C28H28N14S2. The molecule has 0 aliphatic carbocycles. The van der Waals surface area contributed by atoms with Crippen LogP contribution in [0.4, 0.5) is 23.3 Å². The van der Waals surface area contributed by atoms with Crippen molar-refractivity contribution in [1.82, 2.24) is 30.6 Å². The van der Waals surface area contributed by atoms with Crippen molar-refractivity contribution in [1.29, 1.82) is 0 Å². The Hall–Kier alpha value is -5.66. The number of rotatable bonds is 10. The molecule has 3 aromatic carbocycles. The van der Waals surface area contributed by atoms with E-state index in [2.05, 4.69) is 61.3 Å². The third-order valence-corrected chi connectivity index (χ3v) is 6.49. The van der Waals surface area contributed by atoms with Gasteiger partial charge in [-0.1, -0.05) is 70.9 Å². The first-order valence-corrected chi connectivity index (χ1v) is 14.2. The van der Waals surface area contributed by atoms with Gasteiger partial charge in [0, 0.05) is 46.7 Å². The zero-order chi connectivity index (χ0) is 31.0. The van der Waals surface area contributed by atoms with Crippen LogP contribution in [0.2, 0.25) is 0 Å². The first kappa shape index (κ1) is 31.3. The highest BCUT2D eigenvalue weighted by molar-refractivity contribution is 7.80. The molecule has 16 heteroatoms. The van der Waals surface area contributed by atoms with Gasteiger partial charge < -0.3 is 31.2 Å². The number of nitrogens with zero attached hydrogens (tertiary/aromatic N) is 8. The number of H-pyrrole nitrogens is 2. The average molecular weight is 625 g/mol. The van der Waals surface area contributed by atoms with Gasteiger partial charge in [0.1, 0.15) is 0 Å². The molecule has 5 rings (SSSR count). The fourth-order valence-corrected chi connectivity index (χ4v) is 4.40. The Morgan fingerprint density at radius 2 is 1.30 bits per heavy atom. The summed E-state index contributed by atoms with van der Waals surface area (Å²) in [6.45, 7) is 1.24. The maximum atomic E-state index is 8.58. The first-order chi connectivity index (χ1) is 21.6. The second-order valence-corrected chi connectivity index (χ2v) is 9.75. The van der Waals surface area contributed by atoms with Crippen LogP contribution >= 0.6 is 24.4 Å². The molecule has 0 unspecified atom stereocenters. The van der Waals surface area contributed by atoms with E-state index in [1.54, 1.807) is 24.5 Å². The third-order valence-electron chi connectivity index (χ3n) is 6.00. The fourth-order valence-electron chi connectivity index (χ4n) is 4.01. The van der Waals surface area contributed by atoms with Crippen LogP contribution in [-0.4, -0.2) is 43.3 Å². The number of aromatic nitrogens is 4. The molecule has 0 aliphatic heterocycles. The highest BCUT2D eigenvalue weighted by Crippen LogP contribution is 2.20. The normalized spacial score (nSPS) is 9.91. The van der Waals surface area contributed by atoms with Crippen LogP contribution in [-0.2, 0) is 12.8 Å². The molecule has 0 radical (unpaired) electrons. The van der Waals surface area contributed by atoms with Gasteiger partial charge in [0.15, 0.2) is 10.2 Å².